The average molecular weight is 317 g/mol. The van der Waals surface area contributed by atoms with Crippen LogP contribution < -0.4 is 0 Å². The van der Waals surface area contributed by atoms with Gasteiger partial charge in [-0.1, -0.05) is 30.3 Å². The monoisotopic (exact) mass is 317 g/mol. The molecule has 4 heteroatoms. The molecule has 4 nitrogen and oxygen atoms in total. The molecule has 2 saturated heterocycles. The molecular weight excluding hydrogens is 290 g/mol. The highest BCUT2D eigenvalue weighted by atomic mass is 16.5. The van der Waals surface area contributed by atoms with Crippen LogP contribution in [0.25, 0.3) is 0 Å². The highest BCUT2D eigenvalue weighted by Gasteiger charge is 2.41. The maximum atomic E-state index is 12.8. The summed E-state index contributed by atoms with van der Waals surface area (Å²) in [6.45, 7) is 6.11. The molecule has 126 valence electrons. The van der Waals surface area contributed by atoms with Gasteiger partial charge in [0.2, 0.25) is 0 Å². The van der Waals surface area contributed by atoms with Crippen LogP contribution in [0.1, 0.15) is 38.7 Å². The van der Waals surface area contributed by atoms with Crippen molar-refractivity contribution in [3.63, 3.8) is 0 Å². The summed E-state index contributed by atoms with van der Waals surface area (Å²) in [5.41, 5.74) is 1.06. The molecule has 23 heavy (non-hydrogen) atoms. The highest BCUT2D eigenvalue weighted by Crippen LogP contribution is 2.27. The summed E-state index contributed by atoms with van der Waals surface area (Å²) in [6.07, 6.45) is 3.61. The largest absolute Gasteiger partial charge is 0.374 e. The van der Waals surface area contributed by atoms with Crippen molar-refractivity contribution in [1.82, 2.24) is 4.90 Å². The highest BCUT2D eigenvalue weighted by molar-refractivity contribution is 5.82. The summed E-state index contributed by atoms with van der Waals surface area (Å²) in [5, 5.41) is 0. The molecule has 0 N–H and O–H groups in total. The molecule has 2 unspecified atom stereocenters. The fraction of sp³-hybridized carbons (Fsp3) is 0.632. The first kappa shape index (κ1) is 16.5. The zero-order valence-electron chi connectivity index (χ0n) is 14.2. The number of amides is 1. The van der Waals surface area contributed by atoms with Crippen molar-refractivity contribution in [2.75, 3.05) is 19.8 Å². The normalized spacial score (nSPS) is 27.1. The Bertz CT molecular complexity index is 523. The van der Waals surface area contributed by atoms with Crippen molar-refractivity contribution in [3.8, 4) is 0 Å². The van der Waals surface area contributed by atoms with E-state index in [1.165, 1.54) is 5.56 Å². The van der Waals surface area contributed by atoms with Crippen LogP contribution in [-0.4, -0.2) is 48.3 Å². The number of benzene rings is 1. The minimum Gasteiger partial charge on any atom is -0.374 e. The van der Waals surface area contributed by atoms with E-state index in [-0.39, 0.29) is 23.7 Å². The van der Waals surface area contributed by atoms with Crippen molar-refractivity contribution >= 4 is 5.91 Å². The Kier molecular flexibility index (Phi) is 5.02. The van der Waals surface area contributed by atoms with Gasteiger partial charge in [-0.2, -0.15) is 0 Å². The second-order valence-corrected chi connectivity index (χ2v) is 7.22. The van der Waals surface area contributed by atoms with Crippen LogP contribution in [0.15, 0.2) is 30.3 Å². The van der Waals surface area contributed by atoms with Gasteiger partial charge < -0.3 is 14.4 Å². The summed E-state index contributed by atoms with van der Waals surface area (Å²) < 4.78 is 11.6. The smallest absolute Gasteiger partial charge is 0.252 e. The molecule has 0 spiro atoms. The summed E-state index contributed by atoms with van der Waals surface area (Å²) in [6, 6.07) is 10.4. The first-order valence-electron chi connectivity index (χ1n) is 8.65. The lowest BCUT2D eigenvalue weighted by molar-refractivity contribution is -0.163. The van der Waals surface area contributed by atoms with Gasteiger partial charge in [0.05, 0.1) is 18.2 Å². The summed E-state index contributed by atoms with van der Waals surface area (Å²) >= 11 is 0. The number of hydrogen-bond acceptors (Lipinski definition) is 3. The van der Waals surface area contributed by atoms with Crippen molar-refractivity contribution in [2.45, 2.75) is 57.3 Å². The zero-order chi connectivity index (χ0) is 16.3. The van der Waals surface area contributed by atoms with Crippen LogP contribution in [0, 0.1) is 0 Å². The van der Waals surface area contributed by atoms with Gasteiger partial charge in [0.25, 0.3) is 5.91 Å². The Hall–Kier alpha value is -1.39. The minimum absolute atomic E-state index is 0.105. The molecule has 2 aliphatic rings. The Morgan fingerprint density at radius 3 is 2.74 bits per heavy atom. The number of rotatable bonds is 4. The lowest BCUT2D eigenvalue weighted by atomic mass is 9.97. The van der Waals surface area contributed by atoms with Crippen LogP contribution in [-0.2, 0) is 20.7 Å². The molecule has 0 aliphatic carbocycles. The number of carbonyl (C=O) groups excluding carboxylic acids is 1. The third-order valence-electron chi connectivity index (χ3n) is 4.86. The van der Waals surface area contributed by atoms with Gasteiger partial charge in [0.15, 0.2) is 0 Å². The second kappa shape index (κ2) is 7.02. The fourth-order valence-electron chi connectivity index (χ4n) is 3.38. The molecule has 0 radical (unpaired) electrons. The van der Waals surface area contributed by atoms with Gasteiger partial charge >= 0.3 is 0 Å². The maximum absolute atomic E-state index is 12.8. The molecule has 1 aromatic carbocycles. The molecule has 2 atom stereocenters. The van der Waals surface area contributed by atoms with Gasteiger partial charge in [0.1, 0.15) is 6.10 Å². The lowest BCUT2D eigenvalue weighted by Gasteiger charge is -2.46. The number of hydrogen-bond donors (Lipinski definition) is 0. The number of aryl methyl sites for hydroxylation is 1. The molecular formula is C19H27NO3. The predicted octanol–water partition coefficient (Wildman–Crippen LogP) is 2.80. The molecule has 2 fully saturated rings. The van der Waals surface area contributed by atoms with Gasteiger partial charge in [-0.05, 0) is 45.1 Å². The van der Waals surface area contributed by atoms with E-state index in [9.17, 15) is 4.79 Å². The second-order valence-electron chi connectivity index (χ2n) is 7.22. The molecule has 3 rings (SSSR count). The molecule has 0 saturated carbocycles. The topological polar surface area (TPSA) is 38.8 Å². The number of ether oxygens (including phenoxy) is 2. The summed E-state index contributed by atoms with van der Waals surface area (Å²) in [5.74, 6) is 0.139. The number of morpholine rings is 1. The predicted molar refractivity (Wildman–Crippen MR) is 89.3 cm³/mol. The third-order valence-corrected chi connectivity index (χ3v) is 4.86. The molecule has 2 aliphatic heterocycles. The first-order chi connectivity index (χ1) is 11.1. The molecule has 1 amide bonds. The molecule has 0 bridgehead atoms. The fourth-order valence-corrected chi connectivity index (χ4v) is 3.38. The Labute approximate surface area is 138 Å². The quantitative estimate of drug-likeness (QED) is 0.857. The van der Waals surface area contributed by atoms with Crippen molar-refractivity contribution < 1.29 is 14.3 Å². The van der Waals surface area contributed by atoms with E-state index in [1.807, 2.05) is 11.0 Å². The first-order valence-corrected chi connectivity index (χ1v) is 8.65. The van der Waals surface area contributed by atoms with E-state index < -0.39 is 0 Å². The maximum Gasteiger partial charge on any atom is 0.252 e. The van der Waals surface area contributed by atoms with E-state index in [2.05, 4.69) is 38.1 Å². The standard InChI is InChI=1S/C19H27NO3/c1-19(2)14-23-16(11-10-15-7-4-3-5-8-15)13-20(19)18(21)17-9-6-12-22-17/h3-5,7-8,16-17H,6,9-14H2,1-2H3. The Morgan fingerprint density at radius 1 is 1.26 bits per heavy atom. The number of nitrogens with zero attached hydrogens (tertiary/aromatic N) is 1. The van der Waals surface area contributed by atoms with Crippen molar-refractivity contribution in [1.29, 1.82) is 0 Å². The van der Waals surface area contributed by atoms with Crippen LogP contribution in [0.4, 0.5) is 0 Å². The summed E-state index contributed by atoms with van der Waals surface area (Å²) in [4.78, 5) is 14.8. The minimum atomic E-state index is -0.258. The van der Waals surface area contributed by atoms with Gasteiger partial charge in [-0.15, -0.1) is 0 Å². The Morgan fingerprint density at radius 2 is 2.04 bits per heavy atom. The average Bonchev–Trinajstić information content (AvgIpc) is 3.08. The Balaban J connectivity index is 1.60. The van der Waals surface area contributed by atoms with E-state index in [1.54, 1.807) is 0 Å². The summed E-state index contributed by atoms with van der Waals surface area (Å²) in [7, 11) is 0. The molecule has 1 aromatic rings. The van der Waals surface area contributed by atoms with Gasteiger partial charge in [-0.3, -0.25) is 4.79 Å². The van der Waals surface area contributed by atoms with Crippen molar-refractivity contribution in [2.24, 2.45) is 0 Å². The molecule has 0 aromatic heterocycles. The van der Waals surface area contributed by atoms with E-state index in [0.717, 1.165) is 25.7 Å². The van der Waals surface area contributed by atoms with Gasteiger partial charge in [0, 0.05) is 13.2 Å². The van der Waals surface area contributed by atoms with E-state index in [0.29, 0.717) is 19.8 Å². The van der Waals surface area contributed by atoms with Crippen LogP contribution in [0.5, 0.6) is 0 Å². The van der Waals surface area contributed by atoms with E-state index >= 15 is 0 Å². The molecule has 2 heterocycles. The number of carbonyl (C=O) groups is 1. The zero-order valence-corrected chi connectivity index (χ0v) is 14.2. The van der Waals surface area contributed by atoms with Crippen LogP contribution in [0.3, 0.4) is 0 Å². The van der Waals surface area contributed by atoms with E-state index in [4.69, 9.17) is 9.47 Å². The van der Waals surface area contributed by atoms with Crippen molar-refractivity contribution in [3.05, 3.63) is 35.9 Å². The third kappa shape index (κ3) is 3.93. The van der Waals surface area contributed by atoms with Gasteiger partial charge in [-0.25, -0.2) is 0 Å². The SMILES string of the molecule is CC1(C)COC(CCc2ccccc2)CN1C(=O)C1CCCO1. The lowest BCUT2D eigenvalue weighted by Crippen LogP contribution is -2.60. The van der Waals surface area contributed by atoms with Crippen LogP contribution >= 0.6 is 0 Å². The van der Waals surface area contributed by atoms with Crippen LogP contribution in [0.2, 0.25) is 0 Å².